The van der Waals surface area contributed by atoms with Crippen LogP contribution in [0.5, 0.6) is 0 Å². The molecule has 2 saturated heterocycles. The van der Waals surface area contributed by atoms with E-state index in [0.29, 0.717) is 26.1 Å². The molecule has 1 N–H and O–H groups in total. The van der Waals surface area contributed by atoms with Gasteiger partial charge in [-0.2, -0.15) is 0 Å². The molecule has 2 aliphatic heterocycles. The number of carbonyl (C=O) groups is 1. The van der Waals surface area contributed by atoms with Crippen molar-refractivity contribution in [3.05, 3.63) is 0 Å². The number of carboxylic acid groups (broad SMARTS) is 1. The summed E-state index contributed by atoms with van der Waals surface area (Å²) in [5, 5.41) is 9.08. The van der Waals surface area contributed by atoms with Crippen LogP contribution in [0.15, 0.2) is 0 Å². The predicted octanol–water partition coefficient (Wildman–Crippen LogP) is 0.382. The molecule has 15 heavy (non-hydrogen) atoms. The lowest BCUT2D eigenvalue weighted by atomic mass is 9.78. The highest BCUT2D eigenvalue weighted by Gasteiger charge is 2.72. The van der Waals surface area contributed by atoms with Gasteiger partial charge in [0, 0.05) is 12.3 Å². The van der Waals surface area contributed by atoms with Crippen LogP contribution in [0.4, 0.5) is 0 Å². The van der Waals surface area contributed by atoms with Crippen molar-refractivity contribution in [3.8, 4) is 0 Å². The molecule has 3 atom stereocenters. The predicted molar refractivity (Wildman–Crippen MR) is 48.3 cm³/mol. The standard InChI is InChI=1S/C10H14O5/c1-6-7-9(15-7,8(11)12)2-3-10(6)13-4-5-14-10/h6-7H,2-5H2,1H3,(H,11,12). The summed E-state index contributed by atoms with van der Waals surface area (Å²) in [6.07, 6.45) is 0.843. The fourth-order valence-electron chi connectivity index (χ4n) is 2.87. The summed E-state index contributed by atoms with van der Waals surface area (Å²) in [6, 6.07) is 0. The van der Waals surface area contributed by atoms with Gasteiger partial charge in [0.05, 0.1) is 13.2 Å². The number of rotatable bonds is 1. The molecular formula is C10H14O5. The normalized spacial score (nSPS) is 46.5. The fourth-order valence-corrected chi connectivity index (χ4v) is 2.87. The van der Waals surface area contributed by atoms with Crippen LogP contribution >= 0.6 is 0 Å². The number of carboxylic acids is 1. The van der Waals surface area contributed by atoms with Crippen LogP contribution in [0.1, 0.15) is 19.8 Å². The lowest BCUT2D eigenvalue weighted by Crippen LogP contribution is -2.49. The SMILES string of the molecule is CC1C2OC2(C(=O)O)CCC12OCCO2. The third kappa shape index (κ3) is 1.06. The molecule has 84 valence electrons. The molecule has 3 unspecified atom stereocenters. The van der Waals surface area contributed by atoms with Crippen molar-refractivity contribution >= 4 is 5.97 Å². The number of hydrogen-bond acceptors (Lipinski definition) is 4. The van der Waals surface area contributed by atoms with E-state index in [9.17, 15) is 4.79 Å². The molecule has 5 nitrogen and oxygen atoms in total. The van der Waals surface area contributed by atoms with Gasteiger partial charge in [-0.05, 0) is 6.42 Å². The molecule has 0 aromatic heterocycles. The summed E-state index contributed by atoms with van der Waals surface area (Å²) in [7, 11) is 0. The Balaban J connectivity index is 1.84. The second-order valence-corrected chi connectivity index (χ2v) is 4.53. The second-order valence-electron chi connectivity index (χ2n) is 4.53. The van der Waals surface area contributed by atoms with E-state index in [1.165, 1.54) is 0 Å². The van der Waals surface area contributed by atoms with Crippen LogP contribution in [0.3, 0.4) is 0 Å². The van der Waals surface area contributed by atoms with Gasteiger partial charge in [-0.25, -0.2) is 4.79 Å². The molecule has 0 aromatic rings. The molecule has 1 spiro atoms. The Morgan fingerprint density at radius 2 is 2.00 bits per heavy atom. The molecule has 1 aliphatic carbocycles. The highest BCUT2D eigenvalue weighted by atomic mass is 16.7. The van der Waals surface area contributed by atoms with E-state index < -0.39 is 17.4 Å². The minimum absolute atomic E-state index is 0.00940. The van der Waals surface area contributed by atoms with Crippen molar-refractivity contribution in [3.63, 3.8) is 0 Å². The maximum Gasteiger partial charge on any atom is 0.338 e. The number of hydrogen-bond donors (Lipinski definition) is 1. The van der Waals surface area contributed by atoms with Gasteiger partial charge in [-0.1, -0.05) is 6.92 Å². The molecule has 0 radical (unpaired) electrons. The van der Waals surface area contributed by atoms with E-state index in [2.05, 4.69) is 0 Å². The molecular weight excluding hydrogens is 200 g/mol. The molecule has 3 fully saturated rings. The van der Waals surface area contributed by atoms with Crippen LogP contribution in [0.2, 0.25) is 0 Å². The van der Waals surface area contributed by atoms with Gasteiger partial charge in [0.2, 0.25) is 0 Å². The Bertz CT molecular complexity index is 309. The summed E-state index contributed by atoms with van der Waals surface area (Å²) in [5.74, 6) is -1.45. The first-order valence-corrected chi connectivity index (χ1v) is 5.30. The van der Waals surface area contributed by atoms with Crippen molar-refractivity contribution < 1.29 is 24.1 Å². The molecule has 0 amide bonds. The first-order valence-electron chi connectivity index (χ1n) is 5.30. The van der Waals surface area contributed by atoms with E-state index in [1.54, 1.807) is 0 Å². The quantitative estimate of drug-likeness (QED) is 0.639. The van der Waals surface area contributed by atoms with Gasteiger partial charge in [0.25, 0.3) is 0 Å². The Kier molecular flexibility index (Phi) is 1.74. The molecule has 2 heterocycles. The van der Waals surface area contributed by atoms with Gasteiger partial charge in [-0.15, -0.1) is 0 Å². The second kappa shape index (κ2) is 2.72. The Hall–Kier alpha value is -0.650. The minimum Gasteiger partial charge on any atom is -0.479 e. The molecule has 0 aromatic carbocycles. The summed E-state index contributed by atoms with van der Waals surface area (Å²) in [4.78, 5) is 11.1. The lowest BCUT2D eigenvalue weighted by molar-refractivity contribution is -0.207. The van der Waals surface area contributed by atoms with Crippen molar-refractivity contribution in [1.82, 2.24) is 0 Å². The summed E-state index contributed by atoms with van der Waals surface area (Å²) in [6.45, 7) is 3.13. The Morgan fingerprint density at radius 1 is 1.33 bits per heavy atom. The van der Waals surface area contributed by atoms with Crippen molar-refractivity contribution in [2.45, 2.75) is 37.3 Å². The molecule has 3 rings (SSSR count). The molecule has 5 heteroatoms. The topological polar surface area (TPSA) is 68.3 Å². The molecule has 1 saturated carbocycles. The van der Waals surface area contributed by atoms with E-state index in [4.69, 9.17) is 19.3 Å². The summed E-state index contributed by atoms with van der Waals surface area (Å²) in [5.41, 5.74) is -0.944. The van der Waals surface area contributed by atoms with Crippen LogP contribution in [0, 0.1) is 5.92 Å². The fraction of sp³-hybridized carbons (Fsp3) is 0.900. The Morgan fingerprint density at radius 3 is 2.60 bits per heavy atom. The maximum atomic E-state index is 11.1. The summed E-state index contributed by atoms with van der Waals surface area (Å²) < 4.78 is 16.6. The highest BCUT2D eigenvalue weighted by Crippen LogP contribution is 2.56. The van der Waals surface area contributed by atoms with E-state index in [0.717, 1.165) is 0 Å². The molecule has 3 aliphatic rings. The largest absolute Gasteiger partial charge is 0.479 e. The molecule has 0 bridgehead atoms. The van der Waals surface area contributed by atoms with Gasteiger partial charge in [-0.3, -0.25) is 0 Å². The van der Waals surface area contributed by atoms with Crippen molar-refractivity contribution in [2.24, 2.45) is 5.92 Å². The zero-order valence-corrected chi connectivity index (χ0v) is 8.56. The first kappa shape index (κ1) is 9.57. The van der Waals surface area contributed by atoms with Gasteiger partial charge >= 0.3 is 5.97 Å². The van der Waals surface area contributed by atoms with Crippen molar-refractivity contribution in [2.75, 3.05) is 13.2 Å². The smallest absolute Gasteiger partial charge is 0.338 e. The zero-order valence-electron chi connectivity index (χ0n) is 8.56. The average molecular weight is 214 g/mol. The van der Waals surface area contributed by atoms with Crippen LogP contribution in [-0.2, 0) is 19.0 Å². The monoisotopic (exact) mass is 214 g/mol. The third-order valence-electron chi connectivity index (χ3n) is 3.87. The van der Waals surface area contributed by atoms with Gasteiger partial charge < -0.3 is 19.3 Å². The zero-order chi connectivity index (χ0) is 10.7. The highest BCUT2D eigenvalue weighted by molar-refractivity contribution is 5.82. The number of fused-ring (bicyclic) bond motifs is 1. The van der Waals surface area contributed by atoms with Gasteiger partial charge in [0.15, 0.2) is 11.4 Å². The van der Waals surface area contributed by atoms with Crippen molar-refractivity contribution in [1.29, 1.82) is 0 Å². The number of aliphatic carboxylic acids is 1. The van der Waals surface area contributed by atoms with Crippen LogP contribution in [-0.4, -0.2) is 41.8 Å². The van der Waals surface area contributed by atoms with E-state index >= 15 is 0 Å². The maximum absolute atomic E-state index is 11.1. The number of ether oxygens (including phenoxy) is 3. The van der Waals surface area contributed by atoms with Gasteiger partial charge in [0.1, 0.15) is 6.10 Å². The van der Waals surface area contributed by atoms with Crippen LogP contribution < -0.4 is 0 Å². The van der Waals surface area contributed by atoms with E-state index in [1.807, 2.05) is 6.92 Å². The summed E-state index contributed by atoms with van der Waals surface area (Å²) >= 11 is 0. The van der Waals surface area contributed by atoms with E-state index in [-0.39, 0.29) is 12.0 Å². The average Bonchev–Trinajstić information content (AvgIpc) is 2.79. The third-order valence-corrected chi connectivity index (χ3v) is 3.87. The lowest BCUT2D eigenvalue weighted by Gasteiger charge is -2.36. The van der Waals surface area contributed by atoms with Crippen LogP contribution in [0.25, 0.3) is 0 Å². The Labute approximate surface area is 87.3 Å². The number of epoxide rings is 1. The first-order chi connectivity index (χ1) is 7.11. The minimum atomic E-state index is -0.944.